The fourth-order valence-electron chi connectivity index (χ4n) is 2.69. The van der Waals surface area contributed by atoms with Crippen molar-refractivity contribution >= 4 is 5.97 Å². The summed E-state index contributed by atoms with van der Waals surface area (Å²) in [5.74, 6) is -0.606. The Morgan fingerprint density at radius 3 is 2.83 bits per heavy atom. The molecule has 1 fully saturated rings. The Hall–Kier alpha value is -1.35. The van der Waals surface area contributed by atoms with Crippen LogP contribution in [0.5, 0.6) is 0 Å². The van der Waals surface area contributed by atoms with Gasteiger partial charge in [0, 0.05) is 13.1 Å². The van der Waals surface area contributed by atoms with Gasteiger partial charge in [-0.1, -0.05) is 37.3 Å². The molecule has 2 rings (SSSR count). The van der Waals surface area contributed by atoms with Gasteiger partial charge < -0.3 is 5.11 Å². The molecule has 1 N–H and O–H groups in total. The van der Waals surface area contributed by atoms with Crippen LogP contribution >= 0.6 is 0 Å². The van der Waals surface area contributed by atoms with Crippen molar-refractivity contribution < 1.29 is 9.90 Å². The summed E-state index contributed by atoms with van der Waals surface area (Å²) in [4.78, 5) is 13.4. The first kappa shape index (κ1) is 13.1. The van der Waals surface area contributed by atoms with Crippen LogP contribution in [0.2, 0.25) is 0 Å². The highest BCUT2D eigenvalue weighted by Gasteiger charge is 2.28. The highest BCUT2D eigenvalue weighted by Crippen LogP contribution is 2.25. The van der Waals surface area contributed by atoms with Crippen molar-refractivity contribution in [2.45, 2.75) is 26.3 Å². The maximum atomic E-state index is 11.0. The first-order chi connectivity index (χ1) is 8.66. The molecule has 0 bridgehead atoms. The Morgan fingerprint density at radius 1 is 1.44 bits per heavy atom. The average molecular weight is 247 g/mol. The number of carboxylic acid groups (broad SMARTS) is 1. The summed E-state index contributed by atoms with van der Waals surface area (Å²) >= 11 is 0. The van der Waals surface area contributed by atoms with Crippen LogP contribution in [-0.4, -0.2) is 29.1 Å². The number of carbonyl (C=O) groups is 1. The minimum Gasteiger partial charge on any atom is -0.481 e. The maximum absolute atomic E-state index is 11.0. The Balaban J connectivity index is 1.93. The van der Waals surface area contributed by atoms with Gasteiger partial charge in [-0.2, -0.15) is 0 Å². The molecule has 1 aliphatic rings. The molecule has 2 atom stereocenters. The molecule has 0 aromatic heterocycles. The SMILES string of the molecule is CC(C(=O)O)C1CCCN(Cc2ccccc2)C1. The lowest BCUT2D eigenvalue weighted by Gasteiger charge is -2.34. The van der Waals surface area contributed by atoms with Crippen LogP contribution in [0.1, 0.15) is 25.3 Å². The Labute approximate surface area is 108 Å². The molecule has 3 heteroatoms. The highest BCUT2D eigenvalue weighted by molar-refractivity contribution is 5.69. The van der Waals surface area contributed by atoms with E-state index in [-0.39, 0.29) is 5.92 Å². The van der Waals surface area contributed by atoms with E-state index in [9.17, 15) is 4.79 Å². The van der Waals surface area contributed by atoms with Gasteiger partial charge in [-0.05, 0) is 30.9 Å². The summed E-state index contributed by atoms with van der Waals surface area (Å²) in [5, 5.41) is 9.09. The zero-order valence-electron chi connectivity index (χ0n) is 10.9. The predicted octanol–water partition coefficient (Wildman–Crippen LogP) is 2.62. The van der Waals surface area contributed by atoms with Gasteiger partial charge >= 0.3 is 5.97 Å². The molecule has 18 heavy (non-hydrogen) atoms. The standard InChI is InChI=1S/C15H21NO2/c1-12(15(17)18)14-8-5-9-16(11-14)10-13-6-3-2-4-7-13/h2-4,6-7,12,14H,5,8-11H2,1H3,(H,17,18). The largest absolute Gasteiger partial charge is 0.481 e. The van der Waals surface area contributed by atoms with Crippen molar-refractivity contribution in [1.29, 1.82) is 0 Å². The topological polar surface area (TPSA) is 40.5 Å². The second kappa shape index (κ2) is 6.01. The van der Waals surface area contributed by atoms with E-state index in [2.05, 4.69) is 29.2 Å². The van der Waals surface area contributed by atoms with E-state index in [1.165, 1.54) is 5.56 Å². The Kier molecular flexibility index (Phi) is 4.37. The lowest BCUT2D eigenvalue weighted by molar-refractivity contribution is -0.143. The van der Waals surface area contributed by atoms with E-state index < -0.39 is 5.97 Å². The Morgan fingerprint density at radius 2 is 2.17 bits per heavy atom. The average Bonchev–Trinajstić information content (AvgIpc) is 2.39. The molecule has 2 unspecified atom stereocenters. The van der Waals surface area contributed by atoms with Gasteiger partial charge in [0.2, 0.25) is 0 Å². The van der Waals surface area contributed by atoms with Crippen LogP contribution in [0, 0.1) is 11.8 Å². The van der Waals surface area contributed by atoms with Gasteiger partial charge in [0.25, 0.3) is 0 Å². The summed E-state index contributed by atoms with van der Waals surface area (Å²) in [5.41, 5.74) is 1.31. The third-order valence-corrected chi connectivity index (χ3v) is 3.89. The van der Waals surface area contributed by atoms with Gasteiger partial charge in [-0.15, -0.1) is 0 Å². The minimum atomic E-state index is -0.665. The zero-order valence-corrected chi connectivity index (χ0v) is 10.9. The first-order valence-corrected chi connectivity index (χ1v) is 6.66. The number of rotatable bonds is 4. The van der Waals surface area contributed by atoms with Crippen molar-refractivity contribution in [2.75, 3.05) is 13.1 Å². The van der Waals surface area contributed by atoms with Crippen LogP contribution in [0.25, 0.3) is 0 Å². The van der Waals surface area contributed by atoms with E-state index in [4.69, 9.17) is 5.11 Å². The molecule has 0 amide bonds. The summed E-state index contributed by atoms with van der Waals surface area (Å²) in [7, 11) is 0. The van der Waals surface area contributed by atoms with Crippen molar-refractivity contribution in [3.05, 3.63) is 35.9 Å². The third kappa shape index (κ3) is 3.33. The molecule has 0 saturated carbocycles. The lowest BCUT2D eigenvalue weighted by atomic mass is 9.86. The fraction of sp³-hybridized carbons (Fsp3) is 0.533. The number of likely N-dealkylation sites (tertiary alicyclic amines) is 1. The highest BCUT2D eigenvalue weighted by atomic mass is 16.4. The van der Waals surface area contributed by atoms with Crippen LogP contribution in [0.4, 0.5) is 0 Å². The van der Waals surface area contributed by atoms with Crippen molar-refractivity contribution in [1.82, 2.24) is 4.90 Å². The smallest absolute Gasteiger partial charge is 0.306 e. The monoisotopic (exact) mass is 247 g/mol. The van der Waals surface area contributed by atoms with Crippen LogP contribution in [0.3, 0.4) is 0 Å². The second-order valence-electron chi connectivity index (χ2n) is 5.25. The Bertz CT molecular complexity index is 391. The van der Waals surface area contributed by atoms with Crippen molar-refractivity contribution in [3.63, 3.8) is 0 Å². The number of piperidine rings is 1. The molecular weight excluding hydrogens is 226 g/mol. The first-order valence-electron chi connectivity index (χ1n) is 6.66. The van der Waals surface area contributed by atoms with E-state index in [1.54, 1.807) is 0 Å². The second-order valence-corrected chi connectivity index (χ2v) is 5.25. The van der Waals surface area contributed by atoms with Crippen LogP contribution in [-0.2, 0) is 11.3 Å². The van der Waals surface area contributed by atoms with Crippen LogP contribution in [0.15, 0.2) is 30.3 Å². The zero-order chi connectivity index (χ0) is 13.0. The molecular formula is C15H21NO2. The van der Waals surface area contributed by atoms with Gasteiger partial charge in [-0.3, -0.25) is 9.69 Å². The third-order valence-electron chi connectivity index (χ3n) is 3.89. The normalized spacial score (nSPS) is 22.6. The summed E-state index contributed by atoms with van der Waals surface area (Å²) in [6.07, 6.45) is 2.15. The summed E-state index contributed by atoms with van der Waals surface area (Å²) in [6.45, 7) is 4.75. The van der Waals surface area contributed by atoms with Gasteiger partial charge in [0.1, 0.15) is 0 Å². The van der Waals surface area contributed by atoms with Gasteiger partial charge in [0.15, 0.2) is 0 Å². The molecule has 98 valence electrons. The molecule has 3 nitrogen and oxygen atoms in total. The quantitative estimate of drug-likeness (QED) is 0.889. The van der Waals surface area contributed by atoms with E-state index >= 15 is 0 Å². The lowest BCUT2D eigenvalue weighted by Crippen LogP contribution is -2.39. The molecule has 1 aliphatic heterocycles. The molecule has 0 spiro atoms. The molecule has 0 radical (unpaired) electrons. The van der Waals surface area contributed by atoms with E-state index in [0.29, 0.717) is 5.92 Å². The number of hydrogen-bond acceptors (Lipinski definition) is 2. The fourth-order valence-corrected chi connectivity index (χ4v) is 2.69. The molecule has 1 aromatic rings. The minimum absolute atomic E-state index is 0.233. The predicted molar refractivity (Wildman–Crippen MR) is 71.2 cm³/mol. The summed E-state index contributed by atoms with van der Waals surface area (Å²) < 4.78 is 0. The van der Waals surface area contributed by atoms with Crippen LogP contribution < -0.4 is 0 Å². The molecule has 1 heterocycles. The maximum Gasteiger partial charge on any atom is 0.306 e. The van der Waals surface area contributed by atoms with Gasteiger partial charge in [-0.25, -0.2) is 0 Å². The molecule has 1 aromatic carbocycles. The number of nitrogens with zero attached hydrogens (tertiary/aromatic N) is 1. The van der Waals surface area contributed by atoms with Crippen molar-refractivity contribution in [3.8, 4) is 0 Å². The number of benzene rings is 1. The van der Waals surface area contributed by atoms with Crippen molar-refractivity contribution in [2.24, 2.45) is 11.8 Å². The number of carboxylic acids is 1. The molecule has 0 aliphatic carbocycles. The van der Waals surface area contributed by atoms with Gasteiger partial charge in [0.05, 0.1) is 5.92 Å². The van der Waals surface area contributed by atoms with E-state index in [1.807, 2.05) is 13.0 Å². The summed E-state index contributed by atoms with van der Waals surface area (Å²) in [6, 6.07) is 10.4. The number of hydrogen-bond donors (Lipinski definition) is 1. The van der Waals surface area contributed by atoms with E-state index in [0.717, 1.165) is 32.5 Å². The number of aliphatic carboxylic acids is 1. The molecule has 1 saturated heterocycles.